The number of anilines is 1. The highest BCUT2D eigenvalue weighted by atomic mass is 16.5. The predicted octanol–water partition coefficient (Wildman–Crippen LogP) is 2.11. The first-order valence-electron chi connectivity index (χ1n) is 7.33. The van der Waals surface area contributed by atoms with Crippen LogP contribution in [-0.4, -0.2) is 22.9 Å². The Hall–Kier alpha value is -2.73. The van der Waals surface area contributed by atoms with E-state index in [4.69, 9.17) is 14.3 Å². The van der Waals surface area contributed by atoms with E-state index < -0.39 is 0 Å². The summed E-state index contributed by atoms with van der Waals surface area (Å²) in [5, 5.41) is 12.0. The fraction of sp³-hybridized carbons (Fsp3) is 0.235. The summed E-state index contributed by atoms with van der Waals surface area (Å²) in [5.74, 6) is 0.367. The molecule has 0 unspecified atom stereocenters. The quantitative estimate of drug-likeness (QED) is 0.729. The van der Waals surface area contributed by atoms with Crippen molar-refractivity contribution in [2.24, 2.45) is 7.05 Å². The van der Waals surface area contributed by atoms with E-state index in [1.165, 1.54) is 4.57 Å². The zero-order chi connectivity index (χ0) is 16.2. The molecule has 0 aliphatic carbocycles. The van der Waals surface area contributed by atoms with Gasteiger partial charge in [-0.2, -0.15) is 0 Å². The minimum absolute atomic E-state index is 0.00139. The van der Waals surface area contributed by atoms with Gasteiger partial charge in [0.15, 0.2) is 5.58 Å². The minimum atomic E-state index is -0.365. The molecule has 0 atom stereocenters. The van der Waals surface area contributed by atoms with Crippen LogP contribution in [0.3, 0.4) is 0 Å². The van der Waals surface area contributed by atoms with Crippen molar-refractivity contribution in [3.8, 4) is 5.75 Å². The van der Waals surface area contributed by atoms with Gasteiger partial charge in [0.05, 0.1) is 12.1 Å². The Bertz CT molecular complexity index is 849. The molecular weight excluding hydrogens is 296 g/mol. The summed E-state index contributed by atoms with van der Waals surface area (Å²) in [5.41, 5.74) is 3.31. The van der Waals surface area contributed by atoms with Gasteiger partial charge >= 0.3 is 5.76 Å². The number of hydrogen-bond acceptors (Lipinski definition) is 5. The summed E-state index contributed by atoms with van der Waals surface area (Å²) >= 11 is 0. The van der Waals surface area contributed by atoms with Crippen LogP contribution in [-0.2, 0) is 13.6 Å². The average molecular weight is 314 g/mol. The van der Waals surface area contributed by atoms with Crippen molar-refractivity contribution in [1.82, 2.24) is 4.57 Å². The molecule has 0 fully saturated rings. The summed E-state index contributed by atoms with van der Waals surface area (Å²) in [7, 11) is 1.68. The molecular formula is C17H18N2O4. The Morgan fingerprint density at radius 3 is 2.74 bits per heavy atom. The van der Waals surface area contributed by atoms with Gasteiger partial charge < -0.3 is 19.6 Å². The standard InChI is InChI=1S/C17H18N2O4/c1-19-15-7-4-13(10-16(15)23-17(19)21)18-11-12-2-5-14(6-3-12)22-9-8-20/h2-7,10,18,20H,8-9,11H2,1H3. The van der Waals surface area contributed by atoms with Crippen LogP contribution >= 0.6 is 0 Å². The van der Waals surface area contributed by atoms with Gasteiger partial charge in [0.2, 0.25) is 0 Å². The second-order valence-electron chi connectivity index (χ2n) is 5.18. The first-order valence-corrected chi connectivity index (χ1v) is 7.33. The van der Waals surface area contributed by atoms with Gasteiger partial charge in [-0.1, -0.05) is 12.1 Å². The molecule has 0 aliphatic rings. The zero-order valence-electron chi connectivity index (χ0n) is 12.8. The van der Waals surface area contributed by atoms with Gasteiger partial charge in [-0.15, -0.1) is 0 Å². The van der Waals surface area contributed by atoms with Crippen molar-refractivity contribution in [1.29, 1.82) is 0 Å². The number of aryl methyl sites for hydroxylation is 1. The molecule has 120 valence electrons. The highest BCUT2D eigenvalue weighted by molar-refractivity contribution is 5.77. The smallest absolute Gasteiger partial charge is 0.419 e. The Morgan fingerprint density at radius 1 is 1.22 bits per heavy atom. The number of aliphatic hydroxyl groups excluding tert-OH is 1. The second-order valence-corrected chi connectivity index (χ2v) is 5.18. The van der Waals surface area contributed by atoms with E-state index in [1.807, 2.05) is 42.5 Å². The average Bonchev–Trinajstić information content (AvgIpc) is 2.86. The van der Waals surface area contributed by atoms with Crippen molar-refractivity contribution in [2.75, 3.05) is 18.5 Å². The number of benzene rings is 2. The van der Waals surface area contributed by atoms with Crippen molar-refractivity contribution in [2.45, 2.75) is 6.54 Å². The highest BCUT2D eigenvalue weighted by Gasteiger charge is 2.06. The first-order chi connectivity index (χ1) is 11.2. The molecule has 6 nitrogen and oxygen atoms in total. The maximum atomic E-state index is 11.5. The van der Waals surface area contributed by atoms with E-state index in [0.29, 0.717) is 18.7 Å². The maximum Gasteiger partial charge on any atom is 0.419 e. The molecule has 0 radical (unpaired) electrons. The number of aromatic nitrogens is 1. The monoisotopic (exact) mass is 314 g/mol. The molecule has 1 aromatic heterocycles. The number of rotatable bonds is 6. The summed E-state index contributed by atoms with van der Waals surface area (Å²) in [6.07, 6.45) is 0. The molecule has 0 aliphatic heterocycles. The van der Waals surface area contributed by atoms with Crippen LogP contribution in [0.2, 0.25) is 0 Å². The van der Waals surface area contributed by atoms with Crippen LogP contribution in [0.1, 0.15) is 5.56 Å². The first kappa shape index (κ1) is 15.2. The zero-order valence-corrected chi connectivity index (χ0v) is 12.8. The second kappa shape index (κ2) is 6.58. The maximum absolute atomic E-state index is 11.5. The predicted molar refractivity (Wildman–Crippen MR) is 87.8 cm³/mol. The number of ether oxygens (including phenoxy) is 1. The van der Waals surface area contributed by atoms with Crippen LogP contribution in [0.5, 0.6) is 5.75 Å². The van der Waals surface area contributed by atoms with Gasteiger partial charge in [-0.05, 0) is 29.8 Å². The summed E-state index contributed by atoms with van der Waals surface area (Å²) < 4.78 is 12.0. The molecule has 3 aromatic rings. The van der Waals surface area contributed by atoms with Gasteiger partial charge in [0.25, 0.3) is 0 Å². The molecule has 3 rings (SSSR count). The van der Waals surface area contributed by atoms with E-state index in [-0.39, 0.29) is 12.4 Å². The van der Waals surface area contributed by atoms with Crippen LogP contribution in [0.25, 0.3) is 11.1 Å². The van der Waals surface area contributed by atoms with Crippen LogP contribution in [0.15, 0.2) is 51.7 Å². The van der Waals surface area contributed by atoms with E-state index in [1.54, 1.807) is 7.05 Å². The molecule has 0 saturated heterocycles. The van der Waals surface area contributed by atoms with Gasteiger partial charge in [0.1, 0.15) is 12.4 Å². The Morgan fingerprint density at radius 2 is 2.00 bits per heavy atom. The molecule has 23 heavy (non-hydrogen) atoms. The summed E-state index contributed by atoms with van der Waals surface area (Å²) in [4.78, 5) is 11.5. The van der Waals surface area contributed by atoms with Gasteiger partial charge in [-0.25, -0.2) is 4.79 Å². The van der Waals surface area contributed by atoms with E-state index in [2.05, 4.69) is 5.32 Å². The molecule has 2 aromatic carbocycles. The molecule has 0 saturated carbocycles. The number of oxazole rings is 1. The highest BCUT2D eigenvalue weighted by Crippen LogP contribution is 2.19. The van der Waals surface area contributed by atoms with Crippen LogP contribution < -0.4 is 15.8 Å². The summed E-state index contributed by atoms with van der Waals surface area (Å²) in [6, 6.07) is 13.2. The number of aliphatic hydroxyl groups is 1. The fourth-order valence-electron chi connectivity index (χ4n) is 2.31. The van der Waals surface area contributed by atoms with E-state index >= 15 is 0 Å². The Kier molecular flexibility index (Phi) is 4.34. The largest absolute Gasteiger partial charge is 0.491 e. The lowest BCUT2D eigenvalue weighted by Crippen LogP contribution is -2.08. The Balaban J connectivity index is 1.67. The molecule has 6 heteroatoms. The number of nitrogens with zero attached hydrogens (tertiary/aromatic N) is 1. The minimum Gasteiger partial charge on any atom is -0.491 e. The lowest BCUT2D eigenvalue weighted by molar-refractivity contribution is 0.201. The fourth-order valence-corrected chi connectivity index (χ4v) is 2.31. The third-order valence-electron chi connectivity index (χ3n) is 3.57. The van der Waals surface area contributed by atoms with Crippen molar-refractivity contribution >= 4 is 16.8 Å². The number of hydrogen-bond donors (Lipinski definition) is 2. The third-order valence-corrected chi connectivity index (χ3v) is 3.57. The SMILES string of the molecule is Cn1c(=O)oc2cc(NCc3ccc(OCCO)cc3)ccc21. The molecule has 1 heterocycles. The van der Waals surface area contributed by atoms with Crippen LogP contribution in [0.4, 0.5) is 5.69 Å². The Labute approximate surface area is 132 Å². The molecule has 0 bridgehead atoms. The molecule has 0 amide bonds. The lowest BCUT2D eigenvalue weighted by atomic mass is 10.2. The lowest BCUT2D eigenvalue weighted by Gasteiger charge is -2.08. The normalized spacial score (nSPS) is 10.9. The topological polar surface area (TPSA) is 76.6 Å². The van der Waals surface area contributed by atoms with Gasteiger partial charge in [-0.3, -0.25) is 4.57 Å². The van der Waals surface area contributed by atoms with E-state index in [0.717, 1.165) is 22.5 Å². The third kappa shape index (κ3) is 3.37. The number of nitrogens with one attached hydrogen (secondary N) is 1. The van der Waals surface area contributed by atoms with Crippen molar-refractivity contribution in [3.63, 3.8) is 0 Å². The van der Waals surface area contributed by atoms with Crippen molar-refractivity contribution < 1.29 is 14.3 Å². The van der Waals surface area contributed by atoms with Gasteiger partial charge in [0, 0.05) is 25.3 Å². The summed E-state index contributed by atoms with van der Waals surface area (Å²) in [6.45, 7) is 0.935. The van der Waals surface area contributed by atoms with Crippen molar-refractivity contribution in [3.05, 3.63) is 58.6 Å². The van der Waals surface area contributed by atoms with E-state index in [9.17, 15) is 4.79 Å². The van der Waals surface area contributed by atoms with Crippen LogP contribution in [0, 0.1) is 0 Å². The molecule has 2 N–H and O–H groups in total. The molecule has 0 spiro atoms. The number of fused-ring (bicyclic) bond motifs is 1.